The van der Waals surface area contributed by atoms with Crippen molar-refractivity contribution < 1.29 is 4.79 Å². The second kappa shape index (κ2) is 5.64. The number of amides is 1. The second-order valence-corrected chi connectivity index (χ2v) is 4.85. The normalized spacial score (nSPS) is 10.1. The number of rotatable bonds is 4. The number of aryl methyl sites for hydroxylation is 1. The number of hydrogen-bond donors (Lipinski definition) is 2. The quantitative estimate of drug-likeness (QED) is 0.889. The molecule has 0 aliphatic carbocycles. The van der Waals surface area contributed by atoms with E-state index in [1.54, 1.807) is 0 Å². The van der Waals surface area contributed by atoms with Crippen LogP contribution in [0, 0.1) is 6.92 Å². The van der Waals surface area contributed by atoms with Gasteiger partial charge >= 0.3 is 0 Å². The number of carbonyl (C=O) groups excluding carboxylic acids is 1. The largest absolute Gasteiger partial charge is 0.365 e. The van der Waals surface area contributed by atoms with E-state index in [4.69, 9.17) is 0 Å². The Morgan fingerprint density at radius 3 is 2.94 bits per heavy atom. The molecule has 1 aromatic heterocycles. The molecule has 94 valence electrons. The van der Waals surface area contributed by atoms with E-state index in [0.29, 0.717) is 6.42 Å². The summed E-state index contributed by atoms with van der Waals surface area (Å²) in [6.45, 7) is 2.00. The van der Waals surface area contributed by atoms with Gasteiger partial charge in [-0.3, -0.25) is 4.79 Å². The third kappa shape index (κ3) is 3.30. The van der Waals surface area contributed by atoms with E-state index < -0.39 is 0 Å². The van der Waals surface area contributed by atoms with E-state index in [0.717, 1.165) is 22.1 Å². The summed E-state index contributed by atoms with van der Waals surface area (Å²) in [5.74, 6) is -0.0476. The van der Waals surface area contributed by atoms with Crippen LogP contribution in [-0.4, -0.2) is 17.9 Å². The molecule has 4 nitrogen and oxygen atoms in total. The molecule has 1 aromatic carbocycles. The average Bonchev–Trinajstić information content (AvgIpc) is 2.76. The van der Waals surface area contributed by atoms with Gasteiger partial charge in [0.1, 0.15) is 0 Å². The van der Waals surface area contributed by atoms with Gasteiger partial charge < -0.3 is 10.6 Å². The molecule has 0 saturated carbocycles. The van der Waals surface area contributed by atoms with Crippen molar-refractivity contribution in [3.8, 4) is 0 Å². The number of thiazole rings is 1. The first-order chi connectivity index (χ1) is 8.67. The average molecular weight is 261 g/mol. The summed E-state index contributed by atoms with van der Waals surface area (Å²) in [6, 6.07) is 7.74. The summed E-state index contributed by atoms with van der Waals surface area (Å²) in [6.07, 6.45) is 0.298. The molecule has 2 rings (SSSR count). The van der Waals surface area contributed by atoms with Gasteiger partial charge in [-0.1, -0.05) is 12.1 Å². The lowest BCUT2D eigenvalue weighted by molar-refractivity contribution is -0.115. The second-order valence-electron chi connectivity index (χ2n) is 3.99. The lowest BCUT2D eigenvalue weighted by atomic mass is 10.2. The fraction of sp³-hybridized carbons (Fsp3) is 0.231. The van der Waals surface area contributed by atoms with Gasteiger partial charge in [0.2, 0.25) is 5.91 Å². The van der Waals surface area contributed by atoms with E-state index >= 15 is 0 Å². The molecule has 0 unspecified atom stereocenters. The minimum Gasteiger partial charge on any atom is -0.365 e. The molecule has 0 aliphatic rings. The maximum Gasteiger partial charge on any atom is 0.230 e. The molecule has 1 amide bonds. The lowest BCUT2D eigenvalue weighted by Gasteiger charge is -2.04. The van der Waals surface area contributed by atoms with Gasteiger partial charge in [0.25, 0.3) is 0 Å². The Morgan fingerprint density at radius 2 is 2.28 bits per heavy atom. The zero-order valence-electron chi connectivity index (χ0n) is 10.4. The fourth-order valence-electron chi connectivity index (χ4n) is 1.60. The predicted molar refractivity (Wildman–Crippen MR) is 75.2 cm³/mol. The van der Waals surface area contributed by atoms with Crippen molar-refractivity contribution in [1.29, 1.82) is 0 Å². The molecule has 2 N–H and O–H groups in total. The van der Waals surface area contributed by atoms with E-state index in [1.807, 2.05) is 43.6 Å². The highest BCUT2D eigenvalue weighted by atomic mass is 32.1. The molecule has 0 fully saturated rings. The van der Waals surface area contributed by atoms with Crippen LogP contribution in [-0.2, 0) is 11.2 Å². The van der Waals surface area contributed by atoms with Crippen LogP contribution in [0.3, 0.4) is 0 Å². The first kappa shape index (κ1) is 12.6. The molecule has 0 saturated heterocycles. The summed E-state index contributed by atoms with van der Waals surface area (Å²) in [7, 11) is 1.81. The number of carbonyl (C=O) groups is 1. The van der Waals surface area contributed by atoms with Crippen molar-refractivity contribution in [1.82, 2.24) is 4.98 Å². The monoisotopic (exact) mass is 261 g/mol. The van der Waals surface area contributed by atoms with Crippen LogP contribution >= 0.6 is 11.3 Å². The van der Waals surface area contributed by atoms with E-state index in [-0.39, 0.29) is 5.91 Å². The van der Waals surface area contributed by atoms with Crippen molar-refractivity contribution in [2.45, 2.75) is 13.3 Å². The Balaban J connectivity index is 1.96. The van der Waals surface area contributed by atoms with E-state index in [2.05, 4.69) is 15.6 Å². The van der Waals surface area contributed by atoms with Crippen LogP contribution < -0.4 is 10.6 Å². The van der Waals surface area contributed by atoms with Crippen LogP contribution in [0.1, 0.15) is 11.3 Å². The highest BCUT2D eigenvalue weighted by molar-refractivity contribution is 7.13. The minimum atomic E-state index is -0.0476. The molecule has 1 heterocycles. The molecule has 0 bridgehead atoms. The van der Waals surface area contributed by atoms with Crippen molar-refractivity contribution >= 4 is 28.1 Å². The molecular weight excluding hydrogens is 246 g/mol. The summed E-state index contributed by atoms with van der Waals surface area (Å²) >= 11 is 1.50. The maximum atomic E-state index is 11.8. The summed E-state index contributed by atoms with van der Waals surface area (Å²) in [5, 5.41) is 8.53. The fourth-order valence-corrected chi connectivity index (χ4v) is 2.27. The highest BCUT2D eigenvalue weighted by Gasteiger charge is 2.07. The Bertz CT molecular complexity index is 551. The van der Waals surface area contributed by atoms with Crippen LogP contribution in [0.4, 0.5) is 10.8 Å². The van der Waals surface area contributed by atoms with Crippen molar-refractivity contribution in [3.63, 3.8) is 0 Å². The van der Waals surface area contributed by atoms with Crippen molar-refractivity contribution in [2.24, 2.45) is 0 Å². The third-order valence-electron chi connectivity index (χ3n) is 2.41. The summed E-state index contributed by atoms with van der Waals surface area (Å²) in [5.41, 5.74) is 2.73. The van der Waals surface area contributed by atoms with Gasteiger partial charge in [0.05, 0.1) is 12.1 Å². The van der Waals surface area contributed by atoms with Gasteiger partial charge in [-0.05, 0) is 24.6 Å². The lowest BCUT2D eigenvalue weighted by Crippen LogP contribution is -2.14. The zero-order chi connectivity index (χ0) is 13.0. The van der Waals surface area contributed by atoms with Crippen LogP contribution in [0.15, 0.2) is 29.6 Å². The molecule has 18 heavy (non-hydrogen) atoms. The minimum absolute atomic E-state index is 0.0476. The molecule has 2 aromatic rings. The van der Waals surface area contributed by atoms with Gasteiger partial charge in [-0.15, -0.1) is 11.3 Å². The number of hydrogen-bond acceptors (Lipinski definition) is 4. The van der Waals surface area contributed by atoms with Gasteiger partial charge in [0, 0.05) is 18.1 Å². The Kier molecular flexibility index (Phi) is 3.94. The first-order valence-corrected chi connectivity index (χ1v) is 6.54. The summed E-state index contributed by atoms with van der Waals surface area (Å²) in [4.78, 5) is 16.1. The van der Waals surface area contributed by atoms with Gasteiger partial charge in [-0.2, -0.15) is 0 Å². The van der Waals surface area contributed by atoms with Gasteiger partial charge in [-0.25, -0.2) is 4.98 Å². The zero-order valence-corrected chi connectivity index (χ0v) is 11.2. The van der Waals surface area contributed by atoms with E-state index in [1.165, 1.54) is 11.3 Å². The number of benzene rings is 1. The van der Waals surface area contributed by atoms with Gasteiger partial charge in [0.15, 0.2) is 5.13 Å². The Labute approximate surface area is 110 Å². The molecule has 0 spiro atoms. The highest BCUT2D eigenvalue weighted by Crippen LogP contribution is 2.15. The van der Waals surface area contributed by atoms with Crippen molar-refractivity contribution in [2.75, 3.05) is 17.7 Å². The van der Waals surface area contributed by atoms with Crippen LogP contribution in [0.25, 0.3) is 0 Å². The Morgan fingerprint density at radius 1 is 1.44 bits per heavy atom. The Hall–Kier alpha value is -1.88. The molecule has 0 radical (unpaired) electrons. The maximum absolute atomic E-state index is 11.8. The number of aromatic nitrogens is 1. The smallest absolute Gasteiger partial charge is 0.230 e. The topological polar surface area (TPSA) is 54.0 Å². The predicted octanol–water partition coefficient (Wildman–Crippen LogP) is 2.67. The molecule has 0 atom stereocenters. The van der Waals surface area contributed by atoms with Crippen LogP contribution in [0.5, 0.6) is 0 Å². The number of nitrogens with zero attached hydrogens (tertiary/aromatic N) is 1. The third-order valence-corrected chi connectivity index (χ3v) is 3.32. The SMILES string of the molecule is CNc1nc(CC(=O)Nc2cccc(C)c2)cs1. The van der Waals surface area contributed by atoms with Crippen LogP contribution in [0.2, 0.25) is 0 Å². The number of nitrogens with one attached hydrogen (secondary N) is 2. The standard InChI is InChI=1S/C13H15N3OS/c1-9-4-3-5-10(6-9)15-12(17)7-11-8-18-13(14-2)16-11/h3-6,8H,7H2,1-2H3,(H,14,16)(H,15,17). The molecule has 0 aliphatic heterocycles. The summed E-state index contributed by atoms with van der Waals surface area (Å²) < 4.78 is 0. The number of anilines is 2. The first-order valence-electron chi connectivity index (χ1n) is 5.66. The van der Waals surface area contributed by atoms with E-state index in [9.17, 15) is 4.79 Å². The van der Waals surface area contributed by atoms with Crippen molar-refractivity contribution in [3.05, 3.63) is 40.9 Å². The molecule has 5 heteroatoms. The molecular formula is C13H15N3OS.